The Kier molecular flexibility index (Phi) is 9.51. The molecule has 0 radical (unpaired) electrons. The van der Waals surface area contributed by atoms with E-state index in [0.717, 1.165) is 17.4 Å². The molecular weight excluding hydrogens is 603 g/mol. The number of carboxylic acids is 1. The van der Waals surface area contributed by atoms with Crippen LogP contribution in [-0.4, -0.2) is 81.4 Å². The second-order valence-electron chi connectivity index (χ2n) is 9.55. The molecule has 3 amide bonds. The molecule has 2 aliphatic rings. The van der Waals surface area contributed by atoms with Crippen LogP contribution in [0.3, 0.4) is 0 Å². The van der Waals surface area contributed by atoms with E-state index in [-0.39, 0.29) is 54.7 Å². The van der Waals surface area contributed by atoms with Gasteiger partial charge in [0.05, 0.1) is 27.9 Å². The Bertz CT molecular complexity index is 1470. The molecule has 3 N–H and O–H groups in total. The van der Waals surface area contributed by atoms with Crippen molar-refractivity contribution in [1.82, 2.24) is 14.9 Å². The van der Waals surface area contributed by atoms with Gasteiger partial charge in [0.15, 0.2) is 5.75 Å². The Balaban J connectivity index is 1.65. The summed E-state index contributed by atoms with van der Waals surface area (Å²) in [5.74, 6) is -4.86. The van der Waals surface area contributed by atoms with Crippen molar-refractivity contribution in [2.45, 2.75) is 36.6 Å². The van der Waals surface area contributed by atoms with Gasteiger partial charge in [-0.3, -0.25) is 19.2 Å². The number of nitrogens with zero attached hydrogens (tertiary/aromatic N) is 2. The number of hydrogen-bond acceptors (Lipinski definition) is 8. The molecule has 0 bridgehead atoms. The average Bonchev–Trinajstić information content (AvgIpc) is 3.60. The van der Waals surface area contributed by atoms with Gasteiger partial charge < -0.3 is 25.0 Å². The lowest BCUT2D eigenvalue weighted by molar-refractivity contribution is -0.141. The number of carbonyl (C=O) groups is 4. The molecule has 1 aromatic heterocycles. The average molecular weight is 631 g/mol. The number of carbonyl (C=O) groups excluding carboxylic acids is 3. The van der Waals surface area contributed by atoms with Crippen molar-refractivity contribution in [3.8, 4) is 5.75 Å². The van der Waals surface area contributed by atoms with E-state index in [1.54, 1.807) is 0 Å². The van der Waals surface area contributed by atoms with Gasteiger partial charge in [-0.15, -0.1) is 11.3 Å². The van der Waals surface area contributed by atoms with Crippen LogP contribution < -0.4 is 19.7 Å². The molecule has 16 heteroatoms. The minimum Gasteiger partial charge on any atom is -0.493 e. The van der Waals surface area contributed by atoms with Crippen LogP contribution in [0.4, 0.5) is 10.1 Å². The van der Waals surface area contributed by atoms with E-state index >= 15 is 0 Å². The van der Waals surface area contributed by atoms with Gasteiger partial charge in [0.25, 0.3) is 5.91 Å². The lowest BCUT2D eigenvalue weighted by Crippen LogP contribution is -2.53. The van der Waals surface area contributed by atoms with E-state index in [2.05, 4.69) is 10.0 Å². The van der Waals surface area contributed by atoms with Crippen LogP contribution in [0.15, 0.2) is 29.2 Å². The molecule has 2 unspecified atom stereocenters. The maximum absolute atomic E-state index is 14.8. The molecule has 2 aromatic rings. The summed E-state index contributed by atoms with van der Waals surface area (Å²) in [6.45, 7) is -0.348. The van der Waals surface area contributed by atoms with Gasteiger partial charge in [-0.25, -0.2) is 12.8 Å². The Morgan fingerprint density at radius 1 is 1.24 bits per heavy atom. The number of likely N-dealkylation sites (tertiary alicyclic amines) is 1. The van der Waals surface area contributed by atoms with E-state index < -0.39 is 57.0 Å². The first-order valence-electron chi connectivity index (χ1n) is 12.7. The lowest BCUT2D eigenvalue weighted by atomic mass is 10.1. The van der Waals surface area contributed by atoms with E-state index in [1.807, 2.05) is 0 Å². The molecule has 0 spiro atoms. The van der Waals surface area contributed by atoms with Crippen molar-refractivity contribution in [2.24, 2.45) is 5.92 Å². The number of thiophene rings is 1. The lowest BCUT2D eigenvalue weighted by Gasteiger charge is -2.29. The van der Waals surface area contributed by atoms with Crippen molar-refractivity contribution in [3.05, 3.63) is 39.3 Å². The van der Waals surface area contributed by atoms with Crippen molar-refractivity contribution in [1.29, 1.82) is 0 Å². The van der Waals surface area contributed by atoms with E-state index in [4.69, 9.17) is 16.3 Å². The number of halogens is 2. The predicted octanol–water partition coefficient (Wildman–Crippen LogP) is 2.08. The predicted molar refractivity (Wildman–Crippen MR) is 147 cm³/mol. The van der Waals surface area contributed by atoms with Crippen LogP contribution in [0.5, 0.6) is 5.75 Å². The number of aliphatic carboxylic acids is 1. The number of sulfonamides is 1. The third-order valence-corrected chi connectivity index (χ3v) is 9.52. The highest BCUT2D eigenvalue weighted by Crippen LogP contribution is 2.38. The van der Waals surface area contributed by atoms with Crippen molar-refractivity contribution in [3.63, 3.8) is 0 Å². The summed E-state index contributed by atoms with van der Waals surface area (Å²) in [5.41, 5.74) is -0.0628. The van der Waals surface area contributed by atoms with Crippen LogP contribution in [-0.2, 0) is 24.4 Å². The fourth-order valence-electron chi connectivity index (χ4n) is 4.75. The Morgan fingerprint density at radius 3 is 2.61 bits per heavy atom. The van der Waals surface area contributed by atoms with E-state index in [0.29, 0.717) is 23.2 Å². The van der Waals surface area contributed by atoms with Gasteiger partial charge in [0, 0.05) is 38.7 Å². The van der Waals surface area contributed by atoms with Crippen molar-refractivity contribution < 1.29 is 41.8 Å². The van der Waals surface area contributed by atoms with Crippen LogP contribution >= 0.6 is 22.9 Å². The highest BCUT2D eigenvalue weighted by Gasteiger charge is 2.37. The Hall–Kier alpha value is -3.27. The third kappa shape index (κ3) is 6.97. The fraction of sp³-hybridized carbons (Fsp3) is 0.440. The molecule has 4 rings (SSSR count). The molecule has 0 aliphatic carbocycles. The van der Waals surface area contributed by atoms with Crippen LogP contribution in [0.2, 0.25) is 4.34 Å². The van der Waals surface area contributed by atoms with E-state index in [9.17, 15) is 37.1 Å². The second-order valence-corrected chi connectivity index (χ2v) is 13.0. The summed E-state index contributed by atoms with van der Waals surface area (Å²) in [6, 6.07) is 3.10. The Labute approximate surface area is 244 Å². The highest BCUT2D eigenvalue weighted by atomic mass is 35.5. The molecule has 2 saturated heterocycles. The number of ether oxygens (including phenoxy) is 1. The minimum atomic E-state index is -4.70. The molecule has 1 aromatic carbocycles. The van der Waals surface area contributed by atoms with Gasteiger partial charge in [0.2, 0.25) is 21.8 Å². The van der Waals surface area contributed by atoms with Crippen LogP contribution in [0.1, 0.15) is 35.4 Å². The van der Waals surface area contributed by atoms with Gasteiger partial charge in [-0.2, -0.15) is 4.72 Å². The third-order valence-electron chi connectivity index (χ3n) is 6.82. The number of piperidine rings is 1. The summed E-state index contributed by atoms with van der Waals surface area (Å²) in [6.07, 6.45) is 1.65. The quantitative estimate of drug-likeness (QED) is 0.359. The number of carboxylic acid groups (broad SMARTS) is 1. The van der Waals surface area contributed by atoms with Gasteiger partial charge in [-0.05, 0) is 37.5 Å². The number of nitrogens with one attached hydrogen (secondary N) is 2. The zero-order valence-corrected chi connectivity index (χ0v) is 24.3. The summed E-state index contributed by atoms with van der Waals surface area (Å²) in [5, 5.41) is 11.8. The standard InChI is InChI=1S/C25H28ClFN4O8S2/c1-39-22-17(31-8-3-2-4-21(31)32)10-15(27)11-19(22)41(37,38)29-16(12-28-23(33)18-5-6-20(26)40-18)24(34)30-9-7-14(13-30)25(35)36/h5-6,10-11,14,16,29H,2-4,7-9,12-13H2,1H3,(H,28,33)(H,35,36). The zero-order valence-electron chi connectivity index (χ0n) is 21.9. The monoisotopic (exact) mass is 630 g/mol. The molecule has 12 nitrogen and oxygen atoms in total. The fourth-order valence-corrected chi connectivity index (χ4v) is 7.10. The highest BCUT2D eigenvalue weighted by molar-refractivity contribution is 7.89. The maximum atomic E-state index is 14.8. The first-order valence-corrected chi connectivity index (χ1v) is 15.3. The van der Waals surface area contributed by atoms with Gasteiger partial charge in [0.1, 0.15) is 16.8 Å². The molecule has 2 fully saturated rings. The largest absolute Gasteiger partial charge is 0.493 e. The van der Waals surface area contributed by atoms with Crippen molar-refractivity contribution in [2.75, 3.05) is 38.2 Å². The number of rotatable bonds is 10. The Morgan fingerprint density at radius 2 is 2.00 bits per heavy atom. The molecule has 41 heavy (non-hydrogen) atoms. The molecule has 222 valence electrons. The number of amides is 3. The van der Waals surface area contributed by atoms with Gasteiger partial charge >= 0.3 is 5.97 Å². The van der Waals surface area contributed by atoms with Crippen molar-refractivity contribution >= 4 is 62.3 Å². The first-order chi connectivity index (χ1) is 19.4. The van der Waals surface area contributed by atoms with Gasteiger partial charge in [-0.1, -0.05) is 11.6 Å². The molecular formula is C25H28ClFN4O8S2. The topological polar surface area (TPSA) is 162 Å². The summed E-state index contributed by atoms with van der Waals surface area (Å²) < 4.78 is 50.0. The molecule has 2 aliphatic heterocycles. The summed E-state index contributed by atoms with van der Waals surface area (Å²) >= 11 is 6.87. The first kappa shape index (κ1) is 30.7. The van der Waals surface area contributed by atoms with Crippen LogP contribution in [0.25, 0.3) is 0 Å². The maximum Gasteiger partial charge on any atom is 0.308 e. The normalized spacial score (nSPS) is 18.3. The molecule has 3 heterocycles. The summed E-state index contributed by atoms with van der Waals surface area (Å²) in [7, 11) is -3.53. The summed E-state index contributed by atoms with van der Waals surface area (Å²) in [4.78, 5) is 52.1. The second kappa shape index (κ2) is 12.7. The smallest absolute Gasteiger partial charge is 0.308 e. The van der Waals surface area contributed by atoms with E-state index in [1.165, 1.54) is 29.0 Å². The minimum absolute atomic E-state index is 0.0625. The molecule has 2 atom stereocenters. The number of benzene rings is 1. The number of anilines is 1. The SMILES string of the molecule is COc1c(N2CCCCC2=O)cc(F)cc1S(=O)(=O)NC(CNC(=O)c1ccc(Cl)s1)C(=O)N1CCC(C(=O)O)C1. The number of hydrogen-bond donors (Lipinski definition) is 3. The van der Waals surface area contributed by atoms with Crippen LogP contribution in [0, 0.1) is 11.7 Å². The number of methoxy groups -OCH3 is 1. The molecule has 0 saturated carbocycles. The zero-order chi connectivity index (χ0) is 29.9.